The first kappa shape index (κ1) is 21.8. The Kier molecular flexibility index (Phi) is 7.90. The Labute approximate surface area is 175 Å². The third-order valence-corrected chi connectivity index (χ3v) is 4.70. The summed E-state index contributed by atoms with van der Waals surface area (Å²) in [6.07, 6.45) is 0.797. The van der Waals surface area contributed by atoms with E-state index in [0.717, 1.165) is 12.0 Å². The van der Waals surface area contributed by atoms with Crippen LogP contribution in [0.15, 0.2) is 36.4 Å². The van der Waals surface area contributed by atoms with Gasteiger partial charge in [0.25, 0.3) is 0 Å². The van der Waals surface area contributed by atoms with Gasteiger partial charge in [0.2, 0.25) is 0 Å². The lowest BCUT2D eigenvalue weighted by Crippen LogP contribution is -2.32. The molecule has 0 amide bonds. The minimum Gasteiger partial charge on any atom is -0.493 e. The third kappa shape index (κ3) is 5.27. The molecule has 28 heavy (non-hydrogen) atoms. The summed E-state index contributed by atoms with van der Waals surface area (Å²) in [7, 11) is 4.50. The van der Waals surface area contributed by atoms with Crippen molar-refractivity contribution in [2.75, 3.05) is 26.6 Å². The minimum atomic E-state index is -0.510. The summed E-state index contributed by atoms with van der Waals surface area (Å²) < 4.78 is 15.4. The lowest BCUT2D eigenvalue weighted by Gasteiger charge is -2.21. The molecule has 0 radical (unpaired) electrons. The first-order valence-corrected chi connectivity index (χ1v) is 9.39. The van der Waals surface area contributed by atoms with Crippen molar-refractivity contribution in [2.24, 2.45) is 0 Å². The highest BCUT2D eigenvalue weighted by Crippen LogP contribution is 2.31. The monoisotopic (exact) mass is 422 g/mol. The minimum absolute atomic E-state index is 0.0350. The maximum atomic E-state index is 11.8. The Bertz CT molecular complexity index is 860. The molecule has 0 saturated carbocycles. The van der Waals surface area contributed by atoms with Crippen LogP contribution in [-0.4, -0.2) is 32.4 Å². The van der Waals surface area contributed by atoms with Crippen LogP contribution in [-0.2, 0) is 4.74 Å². The number of esters is 1. The van der Waals surface area contributed by atoms with Gasteiger partial charge in [-0.15, -0.1) is 0 Å². The Morgan fingerprint density at radius 3 is 2.43 bits per heavy atom. The quantitative estimate of drug-likeness (QED) is 0.499. The van der Waals surface area contributed by atoms with E-state index in [4.69, 9.17) is 38.0 Å². The van der Waals surface area contributed by atoms with Crippen LogP contribution in [0.1, 0.15) is 35.3 Å². The Balaban J connectivity index is 2.14. The second kappa shape index (κ2) is 10.1. The van der Waals surface area contributed by atoms with Crippen LogP contribution >= 0.6 is 23.8 Å². The molecule has 0 saturated heterocycles. The molecular formula is C20H23ClN2O4S. The molecule has 2 N–H and O–H groups in total. The number of ether oxygens (including phenoxy) is 3. The van der Waals surface area contributed by atoms with Crippen LogP contribution in [0.3, 0.4) is 0 Å². The zero-order chi connectivity index (χ0) is 20.7. The van der Waals surface area contributed by atoms with Crippen LogP contribution in [0.25, 0.3) is 0 Å². The van der Waals surface area contributed by atoms with Gasteiger partial charge >= 0.3 is 5.97 Å². The number of nitrogens with one attached hydrogen (secondary N) is 2. The van der Waals surface area contributed by atoms with Gasteiger partial charge in [0.15, 0.2) is 16.6 Å². The Morgan fingerprint density at radius 1 is 1.11 bits per heavy atom. The van der Waals surface area contributed by atoms with E-state index in [-0.39, 0.29) is 11.6 Å². The molecule has 0 heterocycles. The maximum absolute atomic E-state index is 11.8. The van der Waals surface area contributed by atoms with E-state index in [1.165, 1.54) is 7.11 Å². The average Bonchev–Trinajstić information content (AvgIpc) is 2.72. The molecule has 0 bridgehead atoms. The second-order valence-corrected chi connectivity index (χ2v) is 6.68. The molecule has 2 aromatic rings. The van der Waals surface area contributed by atoms with Crippen molar-refractivity contribution in [3.63, 3.8) is 0 Å². The van der Waals surface area contributed by atoms with Gasteiger partial charge in [0.05, 0.1) is 38.0 Å². The van der Waals surface area contributed by atoms with Crippen molar-refractivity contribution in [3.8, 4) is 11.5 Å². The third-order valence-electron chi connectivity index (χ3n) is 4.15. The fourth-order valence-electron chi connectivity index (χ4n) is 2.69. The molecule has 0 aromatic heterocycles. The predicted molar refractivity (Wildman–Crippen MR) is 115 cm³/mol. The Morgan fingerprint density at radius 2 is 1.82 bits per heavy atom. The number of benzene rings is 2. The molecule has 0 aliphatic rings. The molecule has 2 aromatic carbocycles. The molecule has 0 aliphatic carbocycles. The highest BCUT2D eigenvalue weighted by molar-refractivity contribution is 7.80. The van der Waals surface area contributed by atoms with Crippen LogP contribution in [0.4, 0.5) is 5.69 Å². The Hall–Kier alpha value is -2.51. The number of halogens is 1. The van der Waals surface area contributed by atoms with Gasteiger partial charge in [-0.05, 0) is 54.5 Å². The summed E-state index contributed by atoms with van der Waals surface area (Å²) >= 11 is 11.5. The van der Waals surface area contributed by atoms with Crippen molar-refractivity contribution in [3.05, 3.63) is 52.5 Å². The average molecular weight is 423 g/mol. The zero-order valence-corrected chi connectivity index (χ0v) is 17.7. The molecule has 150 valence electrons. The number of carbonyl (C=O) groups is 1. The smallest absolute Gasteiger partial charge is 0.339 e. The van der Waals surface area contributed by atoms with Gasteiger partial charge in [-0.3, -0.25) is 0 Å². The van der Waals surface area contributed by atoms with E-state index in [9.17, 15) is 4.79 Å². The van der Waals surface area contributed by atoms with Crippen molar-refractivity contribution < 1.29 is 19.0 Å². The lowest BCUT2D eigenvalue weighted by molar-refractivity contribution is 0.0601. The van der Waals surface area contributed by atoms with E-state index < -0.39 is 5.97 Å². The largest absolute Gasteiger partial charge is 0.493 e. The van der Waals surface area contributed by atoms with Gasteiger partial charge in [-0.1, -0.05) is 24.6 Å². The number of rotatable bonds is 7. The summed E-state index contributed by atoms with van der Waals surface area (Å²) in [6, 6.07) is 10.6. The molecule has 0 spiro atoms. The summed E-state index contributed by atoms with van der Waals surface area (Å²) in [5.74, 6) is 0.808. The number of methoxy groups -OCH3 is 3. The summed E-state index contributed by atoms with van der Waals surface area (Å²) in [4.78, 5) is 11.8. The summed E-state index contributed by atoms with van der Waals surface area (Å²) in [6.45, 7) is 2.05. The van der Waals surface area contributed by atoms with Crippen molar-refractivity contribution in [2.45, 2.75) is 19.4 Å². The van der Waals surface area contributed by atoms with Crippen LogP contribution in [0.2, 0.25) is 5.02 Å². The standard InChI is InChI=1S/C20H23ClN2O4S/c1-5-16(12-6-9-17(25-2)18(10-12)26-3)23-20(28)22-13-7-8-15(21)14(11-13)19(24)27-4/h6-11,16H,5H2,1-4H3,(H2,22,23,28)/t16-/m1/s1. The van der Waals surface area contributed by atoms with E-state index in [2.05, 4.69) is 17.6 Å². The van der Waals surface area contributed by atoms with Gasteiger partial charge in [0, 0.05) is 5.69 Å². The SMILES string of the molecule is CC[C@@H](NC(=S)Nc1ccc(Cl)c(C(=O)OC)c1)c1ccc(OC)c(OC)c1. The normalized spacial score (nSPS) is 11.3. The molecule has 8 heteroatoms. The van der Waals surface area contributed by atoms with Crippen LogP contribution in [0.5, 0.6) is 11.5 Å². The molecule has 2 rings (SSSR count). The van der Waals surface area contributed by atoms with E-state index in [0.29, 0.717) is 27.3 Å². The van der Waals surface area contributed by atoms with E-state index >= 15 is 0 Å². The number of carbonyl (C=O) groups excluding carboxylic acids is 1. The molecule has 0 aliphatic heterocycles. The first-order valence-electron chi connectivity index (χ1n) is 8.60. The van der Waals surface area contributed by atoms with E-state index in [1.54, 1.807) is 32.4 Å². The highest BCUT2D eigenvalue weighted by atomic mass is 35.5. The highest BCUT2D eigenvalue weighted by Gasteiger charge is 2.15. The van der Waals surface area contributed by atoms with E-state index in [1.807, 2.05) is 18.2 Å². The summed E-state index contributed by atoms with van der Waals surface area (Å²) in [5, 5.41) is 7.07. The number of hydrogen-bond donors (Lipinski definition) is 2. The first-order chi connectivity index (χ1) is 13.4. The number of anilines is 1. The van der Waals surface area contributed by atoms with Crippen molar-refractivity contribution >= 4 is 40.6 Å². The van der Waals surface area contributed by atoms with Gasteiger partial charge in [-0.25, -0.2) is 4.79 Å². The fourth-order valence-corrected chi connectivity index (χ4v) is 3.14. The fraction of sp³-hybridized carbons (Fsp3) is 0.300. The topological polar surface area (TPSA) is 68.8 Å². The number of hydrogen-bond acceptors (Lipinski definition) is 5. The molecule has 1 atom stereocenters. The molecule has 0 unspecified atom stereocenters. The number of thiocarbonyl (C=S) groups is 1. The van der Waals surface area contributed by atoms with Gasteiger partial charge in [0.1, 0.15) is 0 Å². The second-order valence-electron chi connectivity index (χ2n) is 5.86. The van der Waals surface area contributed by atoms with Crippen LogP contribution < -0.4 is 20.1 Å². The van der Waals surface area contributed by atoms with Crippen molar-refractivity contribution in [1.29, 1.82) is 0 Å². The summed E-state index contributed by atoms with van der Waals surface area (Å²) in [5.41, 5.74) is 1.91. The van der Waals surface area contributed by atoms with Crippen molar-refractivity contribution in [1.82, 2.24) is 5.32 Å². The van der Waals surface area contributed by atoms with Gasteiger partial charge in [-0.2, -0.15) is 0 Å². The molecule has 6 nitrogen and oxygen atoms in total. The zero-order valence-electron chi connectivity index (χ0n) is 16.2. The predicted octanol–water partition coefficient (Wildman–Crippen LogP) is 4.58. The molecular weight excluding hydrogens is 400 g/mol. The maximum Gasteiger partial charge on any atom is 0.339 e. The molecule has 0 fully saturated rings. The van der Waals surface area contributed by atoms with Gasteiger partial charge < -0.3 is 24.8 Å². The van der Waals surface area contributed by atoms with Crippen LogP contribution in [0, 0.1) is 0 Å². The lowest BCUT2D eigenvalue weighted by atomic mass is 10.0.